The molecule has 0 aliphatic carbocycles. The number of hydrogen-bond acceptors (Lipinski definition) is 3. The number of terminal acetylenes is 1. The largest absolute Gasteiger partial charge is 0.369 e. The van der Waals surface area contributed by atoms with Crippen LogP contribution in [0.3, 0.4) is 0 Å². The Balaban J connectivity index is 1.84. The lowest BCUT2D eigenvalue weighted by Crippen LogP contribution is -2.03. The van der Waals surface area contributed by atoms with Crippen LogP contribution in [0.2, 0.25) is 0 Å². The summed E-state index contributed by atoms with van der Waals surface area (Å²) < 4.78 is 7.60. The van der Waals surface area contributed by atoms with Crippen LogP contribution in [0.15, 0.2) is 30.5 Å². The molecule has 112 valence electrons. The standard InChI is InChI=1S/C18H19N3O/c1-3-11-22-12-7-6-10-21-14(2)20-17-13-19-16-9-5-4-8-15(16)18(17)21/h1,4-5,8-9,13H,6-7,10-12H2,2H3. The number of fused-ring (bicyclic) bond motifs is 3. The maximum absolute atomic E-state index is 5.32. The Morgan fingerprint density at radius 1 is 1.23 bits per heavy atom. The first-order valence-electron chi connectivity index (χ1n) is 7.53. The Bertz CT molecular complexity index is 829. The number of aryl methyl sites for hydroxylation is 2. The number of hydrogen-bond donors (Lipinski definition) is 0. The molecule has 0 amide bonds. The molecule has 0 bridgehead atoms. The molecule has 3 aromatic rings. The Morgan fingerprint density at radius 2 is 2.09 bits per heavy atom. The second kappa shape index (κ2) is 6.59. The van der Waals surface area contributed by atoms with Gasteiger partial charge in [0.2, 0.25) is 0 Å². The molecule has 0 fully saturated rings. The lowest BCUT2D eigenvalue weighted by Gasteiger charge is -2.08. The van der Waals surface area contributed by atoms with Crippen molar-refractivity contribution >= 4 is 21.9 Å². The van der Waals surface area contributed by atoms with Gasteiger partial charge < -0.3 is 9.30 Å². The molecule has 0 N–H and O–H groups in total. The maximum Gasteiger partial charge on any atom is 0.108 e. The third-order valence-electron chi connectivity index (χ3n) is 3.78. The second-order valence-electron chi connectivity index (χ2n) is 5.28. The van der Waals surface area contributed by atoms with Gasteiger partial charge in [-0.25, -0.2) is 4.98 Å². The average Bonchev–Trinajstić information content (AvgIpc) is 2.87. The molecule has 4 heteroatoms. The first-order chi connectivity index (χ1) is 10.8. The van der Waals surface area contributed by atoms with E-state index < -0.39 is 0 Å². The highest BCUT2D eigenvalue weighted by molar-refractivity contribution is 6.02. The summed E-state index contributed by atoms with van der Waals surface area (Å²) in [5.41, 5.74) is 3.14. The Labute approximate surface area is 130 Å². The SMILES string of the molecule is C#CCOCCCCn1c(C)nc2cnc3ccccc3c21. The van der Waals surface area contributed by atoms with Crippen molar-refractivity contribution in [3.05, 3.63) is 36.3 Å². The van der Waals surface area contributed by atoms with Crippen LogP contribution in [0.5, 0.6) is 0 Å². The minimum absolute atomic E-state index is 0.392. The summed E-state index contributed by atoms with van der Waals surface area (Å²) in [6.07, 6.45) is 9.05. The summed E-state index contributed by atoms with van der Waals surface area (Å²) in [7, 11) is 0. The highest BCUT2D eigenvalue weighted by Crippen LogP contribution is 2.24. The lowest BCUT2D eigenvalue weighted by atomic mass is 10.2. The van der Waals surface area contributed by atoms with Gasteiger partial charge >= 0.3 is 0 Å². The van der Waals surface area contributed by atoms with Gasteiger partial charge in [0.05, 0.1) is 17.2 Å². The van der Waals surface area contributed by atoms with E-state index in [-0.39, 0.29) is 0 Å². The van der Waals surface area contributed by atoms with Gasteiger partial charge in [0.15, 0.2) is 0 Å². The van der Waals surface area contributed by atoms with Crippen molar-refractivity contribution in [2.75, 3.05) is 13.2 Å². The van der Waals surface area contributed by atoms with E-state index in [9.17, 15) is 0 Å². The first kappa shape index (κ1) is 14.6. The van der Waals surface area contributed by atoms with Gasteiger partial charge in [0.1, 0.15) is 17.9 Å². The van der Waals surface area contributed by atoms with Crippen LogP contribution in [0.1, 0.15) is 18.7 Å². The minimum atomic E-state index is 0.392. The van der Waals surface area contributed by atoms with E-state index in [1.165, 1.54) is 5.52 Å². The fourth-order valence-corrected chi connectivity index (χ4v) is 2.76. The monoisotopic (exact) mass is 293 g/mol. The minimum Gasteiger partial charge on any atom is -0.369 e. The predicted octanol–water partition coefficient (Wildman–Crippen LogP) is 3.32. The van der Waals surface area contributed by atoms with Gasteiger partial charge in [-0.2, -0.15) is 0 Å². The molecule has 4 nitrogen and oxygen atoms in total. The van der Waals surface area contributed by atoms with Gasteiger partial charge in [-0.3, -0.25) is 4.98 Å². The number of para-hydroxylation sites is 1. The molecular formula is C18H19N3O. The second-order valence-corrected chi connectivity index (χ2v) is 5.28. The number of aromatic nitrogens is 3. The van der Waals surface area contributed by atoms with E-state index in [0.717, 1.165) is 41.6 Å². The van der Waals surface area contributed by atoms with Crippen molar-refractivity contribution in [2.24, 2.45) is 0 Å². The van der Waals surface area contributed by atoms with E-state index in [1.54, 1.807) is 0 Å². The molecule has 0 unspecified atom stereocenters. The zero-order chi connectivity index (χ0) is 15.4. The van der Waals surface area contributed by atoms with E-state index in [4.69, 9.17) is 11.2 Å². The molecule has 0 aliphatic rings. The third kappa shape index (κ3) is 2.81. The van der Waals surface area contributed by atoms with Crippen molar-refractivity contribution in [2.45, 2.75) is 26.3 Å². The van der Waals surface area contributed by atoms with Crippen LogP contribution in [-0.2, 0) is 11.3 Å². The van der Waals surface area contributed by atoms with Gasteiger partial charge in [0.25, 0.3) is 0 Å². The van der Waals surface area contributed by atoms with Crippen molar-refractivity contribution < 1.29 is 4.74 Å². The Kier molecular flexibility index (Phi) is 4.36. The van der Waals surface area contributed by atoms with Crippen LogP contribution < -0.4 is 0 Å². The number of unbranched alkanes of at least 4 members (excludes halogenated alkanes) is 1. The van der Waals surface area contributed by atoms with E-state index in [2.05, 4.69) is 26.5 Å². The molecule has 1 aromatic carbocycles. The summed E-state index contributed by atoms with van der Waals surface area (Å²) in [6.45, 7) is 4.07. The smallest absolute Gasteiger partial charge is 0.108 e. The van der Waals surface area contributed by atoms with Crippen LogP contribution in [0.4, 0.5) is 0 Å². The number of benzene rings is 1. The van der Waals surface area contributed by atoms with Gasteiger partial charge in [-0.05, 0) is 25.8 Å². The molecule has 0 saturated carbocycles. The molecule has 0 radical (unpaired) electrons. The summed E-state index contributed by atoms with van der Waals surface area (Å²) in [4.78, 5) is 9.11. The number of imidazole rings is 1. The molecule has 0 saturated heterocycles. The molecule has 0 atom stereocenters. The normalized spacial score (nSPS) is 11.1. The quantitative estimate of drug-likeness (QED) is 0.517. The van der Waals surface area contributed by atoms with E-state index in [1.807, 2.05) is 31.3 Å². The van der Waals surface area contributed by atoms with Crippen LogP contribution >= 0.6 is 0 Å². The zero-order valence-corrected chi connectivity index (χ0v) is 12.7. The predicted molar refractivity (Wildman–Crippen MR) is 88.7 cm³/mol. The third-order valence-corrected chi connectivity index (χ3v) is 3.78. The molecule has 3 rings (SSSR count). The van der Waals surface area contributed by atoms with E-state index in [0.29, 0.717) is 13.2 Å². The summed E-state index contributed by atoms with van der Waals surface area (Å²) in [6, 6.07) is 8.20. The maximum atomic E-state index is 5.32. The zero-order valence-electron chi connectivity index (χ0n) is 12.7. The number of nitrogens with zero attached hydrogens (tertiary/aromatic N) is 3. The van der Waals surface area contributed by atoms with Crippen LogP contribution in [-0.4, -0.2) is 27.7 Å². The Hall–Kier alpha value is -2.38. The summed E-state index contributed by atoms with van der Waals surface area (Å²) in [5.74, 6) is 3.51. The highest BCUT2D eigenvalue weighted by Gasteiger charge is 2.11. The molecule has 2 heterocycles. The molecule has 2 aromatic heterocycles. The van der Waals surface area contributed by atoms with Crippen molar-refractivity contribution in [3.63, 3.8) is 0 Å². The lowest BCUT2D eigenvalue weighted by molar-refractivity contribution is 0.161. The first-order valence-corrected chi connectivity index (χ1v) is 7.53. The van der Waals surface area contributed by atoms with Crippen LogP contribution in [0, 0.1) is 19.3 Å². The highest BCUT2D eigenvalue weighted by atomic mass is 16.5. The fourth-order valence-electron chi connectivity index (χ4n) is 2.76. The topological polar surface area (TPSA) is 39.9 Å². The number of ether oxygens (including phenoxy) is 1. The van der Waals surface area contributed by atoms with Crippen LogP contribution in [0.25, 0.3) is 21.9 Å². The number of pyridine rings is 1. The number of rotatable bonds is 6. The molecular weight excluding hydrogens is 274 g/mol. The molecule has 0 aliphatic heterocycles. The fraction of sp³-hybridized carbons (Fsp3) is 0.333. The molecule has 0 spiro atoms. The van der Waals surface area contributed by atoms with Gasteiger partial charge in [0, 0.05) is 18.5 Å². The molecule has 22 heavy (non-hydrogen) atoms. The van der Waals surface area contributed by atoms with Crippen molar-refractivity contribution in [3.8, 4) is 12.3 Å². The van der Waals surface area contributed by atoms with Crippen molar-refractivity contribution in [1.29, 1.82) is 0 Å². The van der Waals surface area contributed by atoms with Gasteiger partial charge in [-0.15, -0.1) is 6.42 Å². The summed E-state index contributed by atoms with van der Waals surface area (Å²) in [5, 5.41) is 1.16. The van der Waals surface area contributed by atoms with Crippen molar-refractivity contribution in [1.82, 2.24) is 14.5 Å². The van der Waals surface area contributed by atoms with E-state index >= 15 is 0 Å². The Morgan fingerprint density at radius 3 is 2.95 bits per heavy atom. The van der Waals surface area contributed by atoms with Gasteiger partial charge in [-0.1, -0.05) is 24.1 Å². The summed E-state index contributed by atoms with van der Waals surface area (Å²) >= 11 is 0. The average molecular weight is 293 g/mol.